The van der Waals surface area contributed by atoms with Crippen molar-refractivity contribution in [2.24, 2.45) is 0 Å². The number of hydrogen-bond acceptors (Lipinski definition) is 3. The van der Waals surface area contributed by atoms with E-state index in [2.05, 4.69) is 39.7 Å². The Balaban J connectivity index is 1.86. The number of benzene rings is 1. The van der Waals surface area contributed by atoms with Crippen LogP contribution in [0.25, 0.3) is 5.69 Å². The van der Waals surface area contributed by atoms with Crippen LogP contribution in [0.2, 0.25) is 5.02 Å². The fourth-order valence-electron chi connectivity index (χ4n) is 4.36. The van der Waals surface area contributed by atoms with Gasteiger partial charge in [0.25, 0.3) is 0 Å². The molecule has 0 bridgehead atoms. The van der Waals surface area contributed by atoms with Crippen molar-refractivity contribution >= 4 is 28.9 Å². The highest BCUT2D eigenvalue weighted by Crippen LogP contribution is 2.42. The molecule has 5 nitrogen and oxygen atoms in total. The maximum Gasteiger partial charge on any atom is 0.170 e. The highest BCUT2D eigenvalue weighted by Gasteiger charge is 2.41. The smallest absolute Gasteiger partial charge is 0.170 e. The van der Waals surface area contributed by atoms with Gasteiger partial charge in [-0.05, 0) is 74.4 Å². The van der Waals surface area contributed by atoms with Crippen LogP contribution in [-0.2, 0) is 0 Å². The van der Waals surface area contributed by atoms with E-state index in [0.29, 0.717) is 10.7 Å². The molecule has 3 aromatic rings. The largest absolute Gasteiger partial charge is 0.506 e. The molecule has 30 heavy (non-hydrogen) atoms. The van der Waals surface area contributed by atoms with Gasteiger partial charge in [0.2, 0.25) is 0 Å². The van der Waals surface area contributed by atoms with Crippen LogP contribution in [0.3, 0.4) is 0 Å². The summed E-state index contributed by atoms with van der Waals surface area (Å²) in [5, 5.41) is 15.3. The van der Waals surface area contributed by atoms with Crippen LogP contribution in [0.1, 0.15) is 48.1 Å². The molecule has 1 aliphatic heterocycles. The summed E-state index contributed by atoms with van der Waals surface area (Å²) >= 11 is 11.9. The molecule has 2 atom stereocenters. The Hall–Kier alpha value is -2.57. The normalized spacial score (nSPS) is 18.7. The van der Waals surface area contributed by atoms with Gasteiger partial charge in [-0.25, -0.2) is 0 Å². The van der Waals surface area contributed by atoms with E-state index in [1.54, 1.807) is 18.2 Å². The zero-order chi connectivity index (χ0) is 21.4. The molecule has 0 amide bonds. The van der Waals surface area contributed by atoms with Gasteiger partial charge in [0.1, 0.15) is 5.75 Å². The predicted octanol–water partition coefficient (Wildman–Crippen LogP) is 5.23. The molecule has 3 heterocycles. The Bertz CT molecular complexity index is 1080. The molecule has 0 aliphatic carbocycles. The minimum Gasteiger partial charge on any atom is -0.506 e. The summed E-state index contributed by atoms with van der Waals surface area (Å²) in [5.41, 5.74) is 4.86. The van der Waals surface area contributed by atoms with Crippen LogP contribution in [-0.4, -0.2) is 31.2 Å². The Kier molecular flexibility index (Phi) is 5.71. The summed E-state index contributed by atoms with van der Waals surface area (Å²) in [5.74, 6) is 0.194. The number of phenols is 1. The molecular formula is C23H25ClN4OS. The summed E-state index contributed by atoms with van der Waals surface area (Å²) in [4.78, 5) is 6.84. The van der Waals surface area contributed by atoms with E-state index in [1.165, 1.54) is 0 Å². The van der Waals surface area contributed by atoms with E-state index >= 15 is 0 Å². The summed E-state index contributed by atoms with van der Waals surface area (Å²) < 4.78 is 2.05. The zero-order valence-corrected chi connectivity index (χ0v) is 18.8. The van der Waals surface area contributed by atoms with Crippen molar-refractivity contribution < 1.29 is 5.11 Å². The standard InChI is InChI=1S/C23H25ClN4OS/c1-4-11-27-22(21(26-23(27)30)18-7-5-6-10-25-18)17-12-14(2)28(15(17)3)19-13-16(24)8-9-20(19)29/h5-10,12-13,21-22,29H,4,11H2,1-3H3,(H,26,30)/t21-,22-/m1/s1. The average Bonchev–Trinajstić information content (AvgIpc) is 3.21. The van der Waals surface area contributed by atoms with E-state index in [0.717, 1.165) is 40.7 Å². The van der Waals surface area contributed by atoms with Crippen LogP contribution in [0.4, 0.5) is 0 Å². The predicted molar refractivity (Wildman–Crippen MR) is 124 cm³/mol. The molecule has 0 saturated carbocycles. The van der Waals surface area contributed by atoms with E-state index < -0.39 is 0 Å². The molecule has 0 unspecified atom stereocenters. The molecule has 1 saturated heterocycles. The first-order valence-corrected chi connectivity index (χ1v) is 10.9. The minimum absolute atomic E-state index is 0.00799. The van der Waals surface area contributed by atoms with Crippen molar-refractivity contribution in [3.05, 3.63) is 76.3 Å². The van der Waals surface area contributed by atoms with Crippen LogP contribution >= 0.6 is 23.8 Å². The Labute approximate surface area is 187 Å². The van der Waals surface area contributed by atoms with Gasteiger partial charge >= 0.3 is 0 Å². The molecule has 2 aromatic heterocycles. The van der Waals surface area contributed by atoms with Gasteiger partial charge in [-0.15, -0.1) is 0 Å². The second-order valence-electron chi connectivity index (χ2n) is 7.61. The number of aromatic nitrogens is 2. The fraction of sp³-hybridized carbons (Fsp3) is 0.304. The van der Waals surface area contributed by atoms with E-state index in [9.17, 15) is 5.11 Å². The number of aryl methyl sites for hydroxylation is 1. The van der Waals surface area contributed by atoms with Gasteiger partial charge in [-0.3, -0.25) is 4.98 Å². The van der Waals surface area contributed by atoms with Crippen LogP contribution < -0.4 is 5.32 Å². The topological polar surface area (TPSA) is 53.3 Å². The zero-order valence-electron chi connectivity index (χ0n) is 17.3. The van der Waals surface area contributed by atoms with E-state index in [4.69, 9.17) is 23.8 Å². The summed E-state index contributed by atoms with van der Waals surface area (Å²) in [7, 11) is 0. The number of pyridine rings is 1. The van der Waals surface area contributed by atoms with Gasteiger partial charge in [0, 0.05) is 29.2 Å². The quantitative estimate of drug-likeness (QED) is 0.532. The number of thiocarbonyl (C=S) groups is 1. The number of nitrogens with one attached hydrogen (secondary N) is 1. The van der Waals surface area contributed by atoms with Gasteiger partial charge in [-0.1, -0.05) is 24.6 Å². The van der Waals surface area contributed by atoms with Crippen LogP contribution in [0, 0.1) is 13.8 Å². The minimum atomic E-state index is -0.0489. The number of hydrogen-bond donors (Lipinski definition) is 2. The first-order valence-electron chi connectivity index (χ1n) is 10.1. The van der Waals surface area contributed by atoms with E-state index in [-0.39, 0.29) is 17.8 Å². The second-order valence-corrected chi connectivity index (χ2v) is 8.44. The van der Waals surface area contributed by atoms with Gasteiger partial charge in [0.05, 0.1) is 23.5 Å². The number of rotatable bonds is 5. The highest BCUT2D eigenvalue weighted by molar-refractivity contribution is 7.80. The molecule has 2 N–H and O–H groups in total. The van der Waals surface area contributed by atoms with Gasteiger partial charge in [-0.2, -0.15) is 0 Å². The van der Waals surface area contributed by atoms with Crippen molar-refractivity contribution in [3.63, 3.8) is 0 Å². The summed E-state index contributed by atoms with van der Waals surface area (Å²) in [6, 6.07) is 13.2. The van der Waals surface area contributed by atoms with Crippen molar-refractivity contribution in [2.45, 2.75) is 39.3 Å². The Morgan fingerprint density at radius 2 is 2.00 bits per heavy atom. The number of nitrogens with zero attached hydrogens (tertiary/aromatic N) is 3. The summed E-state index contributed by atoms with van der Waals surface area (Å²) in [6.45, 7) is 7.12. The van der Waals surface area contributed by atoms with Crippen molar-refractivity contribution in [3.8, 4) is 11.4 Å². The number of halogens is 1. The third kappa shape index (κ3) is 3.55. The molecule has 1 aromatic carbocycles. The lowest BCUT2D eigenvalue weighted by Crippen LogP contribution is -2.30. The average molecular weight is 441 g/mol. The summed E-state index contributed by atoms with van der Waals surface area (Å²) in [6.07, 6.45) is 2.80. The maximum absolute atomic E-state index is 10.5. The third-order valence-corrected chi connectivity index (χ3v) is 6.22. The lowest BCUT2D eigenvalue weighted by molar-refractivity contribution is 0.316. The fourth-order valence-corrected chi connectivity index (χ4v) is 4.86. The second kappa shape index (κ2) is 8.28. The molecule has 0 spiro atoms. The maximum atomic E-state index is 10.5. The van der Waals surface area contributed by atoms with E-state index in [1.807, 2.05) is 31.3 Å². The molecule has 4 rings (SSSR count). The highest BCUT2D eigenvalue weighted by atomic mass is 35.5. The first-order chi connectivity index (χ1) is 14.4. The van der Waals surface area contributed by atoms with Crippen molar-refractivity contribution in [1.29, 1.82) is 0 Å². The molecule has 1 aliphatic rings. The van der Waals surface area contributed by atoms with Crippen molar-refractivity contribution in [1.82, 2.24) is 19.8 Å². The number of phenolic OH excluding ortho intramolecular Hbond substituents is 1. The Morgan fingerprint density at radius 1 is 1.20 bits per heavy atom. The number of aromatic hydroxyl groups is 1. The molecule has 1 fully saturated rings. The third-order valence-electron chi connectivity index (χ3n) is 5.63. The van der Waals surface area contributed by atoms with Crippen LogP contribution in [0.5, 0.6) is 5.75 Å². The molecular weight excluding hydrogens is 416 g/mol. The lowest BCUT2D eigenvalue weighted by Gasteiger charge is -2.27. The monoisotopic (exact) mass is 440 g/mol. The van der Waals surface area contributed by atoms with Crippen LogP contribution in [0.15, 0.2) is 48.7 Å². The van der Waals surface area contributed by atoms with Crippen molar-refractivity contribution in [2.75, 3.05) is 6.54 Å². The molecule has 156 valence electrons. The lowest BCUT2D eigenvalue weighted by atomic mass is 9.96. The Morgan fingerprint density at radius 3 is 2.70 bits per heavy atom. The van der Waals surface area contributed by atoms with Gasteiger partial charge < -0.3 is 19.9 Å². The molecule has 7 heteroatoms. The molecule has 0 radical (unpaired) electrons. The SMILES string of the molecule is CCCN1C(=S)N[C@H](c2ccccn2)[C@H]1c1cc(C)n(-c2cc(Cl)ccc2O)c1C. The first kappa shape index (κ1) is 20.7. The van der Waals surface area contributed by atoms with Gasteiger partial charge in [0.15, 0.2) is 5.11 Å².